The van der Waals surface area contributed by atoms with Crippen molar-refractivity contribution in [2.75, 3.05) is 11.9 Å². The first-order chi connectivity index (χ1) is 7.91. The van der Waals surface area contributed by atoms with Gasteiger partial charge in [0.2, 0.25) is 0 Å². The topological polar surface area (TPSA) is 82.2 Å². The molecular weight excluding hydrogens is 240 g/mol. The Bertz CT molecular complexity index is 428. The molecule has 1 aromatic heterocycles. The number of nitrogens with zero attached hydrogens (tertiary/aromatic N) is 2. The maximum absolute atomic E-state index is 11.5. The highest BCUT2D eigenvalue weighted by Gasteiger charge is 2.14. The molecule has 0 aliphatic rings. The minimum absolute atomic E-state index is 0.178. The Morgan fingerprint density at radius 3 is 2.88 bits per heavy atom. The van der Waals surface area contributed by atoms with Crippen molar-refractivity contribution in [2.24, 2.45) is 18.7 Å². The highest BCUT2D eigenvalue weighted by atomic mass is 32.1. The Morgan fingerprint density at radius 1 is 1.71 bits per heavy atom. The summed E-state index contributed by atoms with van der Waals surface area (Å²) in [5, 5.41) is 6.53. The Balaban J connectivity index is 2.71. The van der Waals surface area contributed by atoms with E-state index < -0.39 is 6.09 Å². The van der Waals surface area contributed by atoms with Crippen LogP contribution < -0.4 is 11.1 Å². The number of aromatic nitrogens is 2. The highest BCUT2D eigenvalue weighted by molar-refractivity contribution is 7.80. The van der Waals surface area contributed by atoms with E-state index in [2.05, 4.69) is 10.4 Å². The normalized spacial score (nSPS) is 10.4. The predicted octanol–water partition coefficient (Wildman–Crippen LogP) is 1.26. The van der Waals surface area contributed by atoms with E-state index >= 15 is 0 Å². The number of anilines is 1. The van der Waals surface area contributed by atoms with Crippen molar-refractivity contribution < 1.29 is 9.53 Å². The zero-order chi connectivity index (χ0) is 13.0. The molecule has 0 radical (unpaired) electrons. The Morgan fingerprint density at radius 2 is 2.35 bits per heavy atom. The highest BCUT2D eigenvalue weighted by Crippen LogP contribution is 2.14. The number of aryl methyl sites for hydroxylation is 1. The third-order valence-electron chi connectivity index (χ3n) is 1.97. The molecule has 0 saturated heterocycles. The van der Waals surface area contributed by atoms with Gasteiger partial charge in [0, 0.05) is 7.05 Å². The minimum atomic E-state index is -0.542. The van der Waals surface area contributed by atoms with Crippen molar-refractivity contribution in [3.8, 4) is 0 Å². The second-order valence-electron chi connectivity index (χ2n) is 4.01. The summed E-state index contributed by atoms with van der Waals surface area (Å²) in [4.78, 5) is 11.7. The molecule has 0 saturated carbocycles. The van der Waals surface area contributed by atoms with Crippen LogP contribution in [-0.4, -0.2) is 27.5 Å². The van der Waals surface area contributed by atoms with Gasteiger partial charge in [-0.15, -0.1) is 0 Å². The molecule has 6 nitrogen and oxygen atoms in total. The molecule has 0 aliphatic carbocycles. The first-order valence-corrected chi connectivity index (χ1v) is 5.58. The van der Waals surface area contributed by atoms with Crippen molar-refractivity contribution in [3.63, 3.8) is 0 Å². The van der Waals surface area contributed by atoms with Crippen LogP contribution in [0.5, 0.6) is 0 Å². The minimum Gasteiger partial charge on any atom is -0.449 e. The van der Waals surface area contributed by atoms with Gasteiger partial charge in [-0.25, -0.2) is 4.79 Å². The number of rotatable bonds is 4. The maximum Gasteiger partial charge on any atom is 0.412 e. The van der Waals surface area contributed by atoms with Gasteiger partial charge in [-0.1, -0.05) is 26.1 Å². The third-order valence-corrected chi connectivity index (χ3v) is 2.19. The summed E-state index contributed by atoms with van der Waals surface area (Å²) < 4.78 is 6.47. The largest absolute Gasteiger partial charge is 0.449 e. The molecule has 1 amide bonds. The van der Waals surface area contributed by atoms with Crippen molar-refractivity contribution in [1.29, 1.82) is 0 Å². The quantitative estimate of drug-likeness (QED) is 0.792. The fourth-order valence-corrected chi connectivity index (χ4v) is 1.29. The molecule has 0 aromatic carbocycles. The van der Waals surface area contributed by atoms with Crippen LogP contribution in [0.1, 0.15) is 19.4 Å². The predicted molar refractivity (Wildman–Crippen MR) is 68.9 cm³/mol. The summed E-state index contributed by atoms with van der Waals surface area (Å²) in [6, 6.07) is 0. The first-order valence-electron chi connectivity index (χ1n) is 5.17. The van der Waals surface area contributed by atoms with Crippen molar-refractivity contribution in [2.45, 2.75) is 13.8 Å². The van der Waals surface area contributed by atoms with Gasteiger partial charge in [0.15, 0.2) is 0 Å². The number of hydrogen-bond donors (Lipinski definition) is 2. The van der Waals surface area contributed by atoms with E-state index in [4.69, 9.17) is 22.7 Å². The van der Waals surface area contributed by atoms with Crippen LogP contribution >= 0.6 is 12.2 Å². The van der Waals surface area contributed by atoms with Gasteiger partial charge < -0.3 is 10.5 Å². The van der Waals surface area contributed by atoms with Crippen LogP contribution in [-0.2, 0) is 11.8 Å². The van der Waals surface area contributed by atoms with Crippen LogP contribution in [0.25, 0.3) is 0 Å². The maximum atomic E-state index is 11.5. The van der Waals surface area contributed by atoms with Crippen LogP contribution in [0.4, 0.5) is 10.6 Å². The SMILES string of the molecule is CC(C)COC(=O)Nc1c(C(N)=S)cnn1C. The molecule has 94 valence electrons. The van der Waals surface area contributed by atoms with Gasteiger partial charge in [-0.3, -0.25) is 10.00 Å². The average molecular weight is 256 g/mol. The number of carbonyl (C=O) groups is 1. The molecule has 3 N–H and O–H groups in total. The molecule has 1 rings (SSSR count). The number of hydrogen-bond acceptors (Lipinski definition) is 4. The molecule has 1 heterocycles. The Hall–Kier alpha value is -1.63. The second-order valence-corrected chi connectivity index (χ2v) is 4.45. The summed E-state index contributed by atoms with van der Waals surface area (Å²) >= 11 is 4.85. The lowest BCUT2D eigenvalue weighted by atomic mass is 10.2. The van der Waals surface area contributed by atoms with Gasteiger partial charge in [-0.05, 0) is 5.92 Å². The van der Waals surface area contributed by atoms with Gasteiger partial charge >= 0.3 is 6.09 Å². The van der Waals surface area contributed by atoms with E-state index in [0.717, 1.165) is 0 Å². The van der Waals surface area contributed by atoms with Gasteiger partial charge in [0.25, 0.3) is 0 Å². The second kappa shape index (κ2) is 5.62. The van der Waals surface area contributed by atoms with E-state index in [-0.39, 0.29) is 10.9 Å². The number of nitrogens with two attached hydrogens (primary N) is 1. The zero-order valence-corrected chi connectivity index (χ0v) is 10.9. The molecule has 0 spiro atoms. The van der Waals surface area contributed by atoms with Gasteiger partial charge in [0.1, 0.15) is 10.8 Å². The average Bonchev–Trinajstić information content (AvgIpc) is 2.58. The van der Waals surface area contributed by atoms with Crippen LogP contribution in [0.2, 0.25) is 0 Å². The van der Waals surface area contributed by atoms with E-state index in [9.17, 15) is 4.79 Å². The zero-order valence-electron chi connectivity index (χ0n) is 10.1. The van der Waals surface area contributed by atoms with E-state index in [1.165, 1.54) is 10.9 Å². The molecule has 0 aliphatic heterocycles. The van der Waals surface area contributed by atoms with E-state index in [1.54, 1.807) is 7.05 Å². The summed E-state index contributed by atoms with van der Waals surface area (Å²) in [6.07, 6.45) is 0.959. The number of thiocarbonyl (C=S) groups is 1. The molecule has 7 heteroatoms. The standard InChI is InChI=1S/C10H16N4O2S/c1-6(2)5-16-10(15)13-9-7(8(11)17)4-12-14(9)3/h4,6H,5H2,1-3H3,(H2,11,17)(H,13,15). The summed E-state index contributed by atoms with van der Waals surface area (Å²) in [6.45, 7) is 4.27. The molecule has 0 atom stereocenters. The Labute approximate surface area is 105 Å². The number of nitrogens with one attached hydrogen (secondary N) is 1. The number of carbonyl (C=O) groups excluding carboxylic acids is 1. The molecule has 0 unspecified atom stereocenters. The molecule has 0 fully saturated rings. The smallest absolute Gasteiger partial charge is 0.412 e. The molecule has 17 heavy (non-hydrogen) atoms. The van der Waals surface area contributed by atoms with E-state index in [0.29, 0.717) is 18.0 Å². The lowest BCUT2D eigenvalue weighted by molar-refractivity contribution is 0.147. The monoisotopic (exact) mass is 256 g/mol. The molecule has 0 bridgehead atoms. The van der Waals surface area contributed by atoms with Crippen molar-refractivity contribution in [3.05, 3.63) is 11.8 Å². The fraction of sp³-hybridized carbons (Fsp3) is 0.500. The Kier molecular flexibility index (Phi) is 4.45. The lowest BCUT2D eigenvalue weighted by Gasteiger charge is -2.10. The summed E-state index contributed by atoms with van der Waals surface area (Å²) in [5.41, 5.74) is 6.03. The van der Waals surface area contributed by atoms with E-state index in [1.807, 2.05) is 13.8 Å². The van der Waals surface area contributed by atoms with Crippen LogP contribution in [0, 0.1) is 5.92 Å². The van der Waals surface area contributed by atoms with Gasteiger partial charge in [-0.2, -0.15) is 5.10 Å². The van der Waals surface area contributed by atoms with Crippen LogP contribution in [0.3, 0.4) is 0 Å². The van der Waals surface area contributed by atoms with Gasteiger partial charge in [0.05, 0.1) is 18.4 Å². The van der Waals surface area contributed by atoms with Crippen LogP contribution in [0.15, 0.2) is 6.20 Å². The third kappa shape index (κ3) is 3.70. The van der Waals surface area contributed by atoms with Crippen molar-refractivity contribution in [1.82, 2.24) is 9.78 Å². The molecule has 1 aromatic rings. The summed E-state index contributed by atoms with van der Waals surface area (Å²) in [5.74, 6) is 0.716. The first kappa shape index (κ1) is 13.4. The number of amides is 1. The lowest BCUT2D eigenvalue weighted by Crippen LogP contribution is -2.21. The molecular formula is C10H16N4O2S. The fourth-order valence-electron chi connectivity index (χ4n) is 1.14. The number of ether oxygens (including phenoxy) is 1. The van der Waals surface area contributed by atoms with Crippen molar-refractivity contribution >= 4 is 29.1 Å². The summed E-state index contributed by atoms with van der Waals surface area (Å²) in [7, 11) is 1.68.